The van der Waals surface area contributed by atoms with Crippen LogP contribution in [0.25, 0.3) is 6.08 Å². The van der Waals surface area contributed by atoms with Crippen LogP contribution in [0.15, 0.2) is 54.6 Å². The average Bonchev–Trinajstić information content (AvgIpc) is 2.74. The van der Waals surface area contributed by atoms with Crippen LogP contribution in [0.5, 0.6) is 0 Å². The van der Waals surface area contributed by atoms with E-state index in [4.69, 9.17) is 0 Å². The molecule has 0 amide bonds. The van der Waals surface area contributed by atoms with Gasteiger partial charge in [-0.05, 0) is 12.0 Å². The second-order valence-corrected chi connectivity index (χ2v) is 4.18. The molecule has 95 valence electrons. The van der Waals surface area contributed by atoms with Crippen LogP contribution >= 0.6 is 0 Å². The van der Waals surface area contributed by atoms with E-state index in [-0.39, 0.29) is 60.2 Å². The van der Waals surface area contributed by atoms with E-state index in [0.717, 1.165) is 6.42 Å². The molecule has 1 atom stereocenters. The van der Waals surface area contributed by atoms with Crippen molar-refractivity contribution in [3.8, 4) is 0 Å². The summed E-state index contributed by atoms with van der Waals surface area (Å²) in [7, 11) is 0. The van der Waals surface area contributed by atoms with Gasteiger partial charge >= 0.3 is 26.2 Å². The summed E-state index contributed by atoms with van der Waals surface area (Å²) in [6.45, 7) is 0. The van der Waals surface area contributed by atoms with Crippen LogP contribution in [0.1, 0.15) is 22.6 Å². The van der Waals surface area contributed by atoms with Gasteiger partial charge in [-0.2, -0.15) is 5.56 Å². The van der Waals surface area contributed by atoms with Gasteiger partial charge in [-0.3, -0.25) is 6.08 Å². The van der Waals surface area contributed by atoms with Crippen molar-refractivity contribution in [1.82, 2.24) is 0 Å². The molecule has 0 nitrogen and oxygen atoms in total. The molecule has 2 aromatic carbocycles. The number of halogens is 2. The zero-order valence-corrected chi connectivity index (χ0v) is 15.9. The number of fused-ring (bicyclic) bond motifs is 1. The minimum atomic E-state index is 0. The molecular formula is C16H13Br2Zr. The fourth-order valence-electron chi connectivity index (χ4n) is 2.26. The number of hydrogen-bond acceptors (Lipinski definition) is 0. The molecule has 0 N–H and O–H groups in total. The van der Waals surface area contributed by atoms with Crippen LogP contribution in [-0.4, -0.2) is 0 Å². The van der Waals surface area contributed by atoms with E-state index >= 15 is 0 Å². The third-order valence-corrected chi connectivity index (χ3v) is 3.09. The van der Waals surface area contributed by atoms with E-state index in [1.54, 1.807) is 0 Å². The Balaban J connectivity index is 0.00000108. The zero-order chi connectivity index (χ0) is 10.8. The van der Waals surface area contributed by atoms with E-state index in [0.29, 0.717) is 5.92 Å². The molecule has 3 heteroatoms. The summed E-state index contributed by atoms with van der Waals surface area (Å²) in [4.78, 5) is 0. The Morgan fingerprint density at radius 1 is 0.842 bits per heavy atom. The first-order valence-electron chi connectivity index (χ1n) is 5.65. The molecule has 1 unspecified atom stereocenters. The van der Waals surface area contributed by atoms with E-state index in [1.165, 1.54) is 16.7 Å². The Morgan fingerprint density at radius 3 is 2.21 bits per heavy atom. The molecule has 0 bridgehead atoms. The van der Waals surface area contributed by atoms with Gasteiger partial charge in [-0.15, -0.1) is 11.6 Å². The smallest absolute Gasteiger partial charge is 1.00 e. The van der Waals surface area contributed by atoms with Gasteiger partial charge < -0.3 is 34.0 Å². The maximum Gasteiger partial charge on any atom is 3.00 e. The summed E-state index contributed by atoms with van der Waals surface area (Å²) in [6.07, 6.45) is 6.61. The van der Waals surface area contributed by atoms with Gasteiger partial charge in [0.2, 0.25) is 0 Å². The predicted molar refractivity (Wildman–Crippen MR) is 67.0 cm³/mol. The molecule has 0 aromatic heterocycles. The third kappa shape index (κ3) is 4.51. The molecule has 0 spiro atoms. The molecule has 0 aliphatic heterocycles. The summed E-state index contributed by atoms with van der Waals surface area (Å²) in [5.74, 6) is 0.429. The van der Waals surface area contributed by atoms with Crippen molar-refractivity contribution in [3.05, 3.63) is 77.4 Å². The van der Waals surface area contributed by atoms with Crippen molar-refractivity contribution < 1.29 is 60.2 Å². The minimum Gasteiger partial charge on any atom is -1.00 e. The standard InChI is InChI=1S/C16H13.2BrH.Zr/c1-2-6-13(7-3-1)12-15-11-10-14-8-4-5-9-16(14)15;;;/h1-10,15H,12H2;2*1H;/q-1;;;+3/p-2. The van der Waals surface area contributed by atoms with Gasteiger partial charge in [0.1, 0.15) is 0 Å². The molecule has 2 aromatic rings. The Labute approximate surface area is 155 Å². The van der Waals surface area contributed by atoms with Crippen molar-refractivity contribution >= 4 is 6.08 Å². The van der Waals surface area contributed by atoms with Crippen molar-refractivity contribution in [2.75, 3.05) is 0 Å². The van der Waals surface area contributed by atoms with E-state index in [1.807, 2.05) is 0 Å². The molecule has 1 aliphatic carbocycles. The van der Waals surface area contributed by atoms with E-state index in [2.05, 4.69) is 66.7 Å². The number of benzene rings is 2. The molecule has 3 rings (SSSR count). The molecule has 0 heterocycles. The van der Waals surface area contributed by atoms with Gasteiger partial charge in [-0.25, -0.2) is 6.08 Å². The summed E-state index contributed by atoms with van der Waals surface area (Å²) in [6, 6.07) is 19.2. The molecule has 0 saturated carbocycles. The summed E-state index contributed by atoms with van der Waals surface area (Å²) < 4.78 is 0. The van der Waals surface area contributed by atoms with Gasteiger partial charge in [-0.1, -0.05) is 54.4 Å². The van der Waals surface area contributed by atoms with Crippen LogP contribution in [0.3, 0.4) is 0 Å². The molecule has 0 fully saturated rings. The maximum atomic E-state index is 3.45. The Hall–Kier alpha value is 0.0231. The van der Waals surface area contributed by atoms with E-state index < -0.39 is 0 Å². The SMILES string of the molecule is [Br-].[Br-].[C-]1=Cc2ccccc2C1Cc1ccccc1.[Zr+3]. The van der Waals surface area contributed by atoms with Crippen molar-refractivity contribution in [3.63, 3.8) is 0 Å². The molecular weight excluding hydrogens is 443 g/mol. The van der Waals surface area contributed by atoms with E-state index in [9.17, 15) is 0 Å². The van der Waals surface area contributed by atoms with Gasteiger partial charge in [0.25, 0.3) is 0 Å². The Kier molecular flexibility index (Phi) is 9.06. The first-order chi connectivity index (χ1) is 7.93. The maximum absolute atomic E-state index is 3.45. The third-order valence-electron chi connectivity index (χ3n) is 3.09. The second kappa shape index (κ2) is 9.05. The van der Waals surface area contributed by atoms with Crippen molar-refractivity contribution in [2.45, 2.75) is 12.3 Å². The molecule has 19 heavy (non-hydrogen) atoms. The molecule has 0 saturated heterocycles. The fraction of sp³-hybridized carbons (Fsp3) is 0.125. The normalized spacial score (nSPS) is 14.6. The van der Waals surface area contributed by atoms with Crippen LogP contribution in [-0.2, 0) is 32.6 Å². The monoisotopic (exact) mass is 453 g/mol. The van der Waals surface area contributed by atoms with Gasteiger partial charge in [0, 0.05) is 0 Å². The van der Waals surface area contributed by atoms with Crippen LogP contribution in [0.2, 0.25) is 0 Å². The first kappa shape index (κ1) is 19.0. The summed E-state index contributed by atoms with van der Waals surface area (Å²) in [5, 5.41) is 0. The quantitative estimate of drug-likeness (QED) is 0.453. The summed E-state index contributed by atoms with van der Waals surface area (Å²) in [5.41, 5.74) is 4.11. The van der Waals surface area contributed by atoms with Gasteiger partial charge in [0.15, 0.2) is 0 Å². The molecule has 1 radical (unpaired) electrons. The summed E-state index contributed by atoms with van der Waals surface area (Å²) >= 11 is 0. The van der Waals surface area contributed by atoms with Gasteiger partial charge in [0.05, 0.1) is 0 Å². The van der Waals surface area contributed by atoms with Crippen LogP contribution < -0.4 is 34.0 Å². The molecule has 1 aliphatic rings. The Bertz CT molecular complexity index is 523. The Morgan fingerprint density at radius 2 is 1.47 bits per heavy atom. The number of allylic oxidation sites excluding steroid dienone is 1. The number of hydrogen-bond donors (Lipinski definition) is 0. The minimum absolute atomic E-state index is 0. The van der Waals surface area contributed by atoms with Crippen LogP contribution in [0.4, 0.5) is 0 Å². The topological polar surface area (TPSA) is 0 Å². The van der Waals surface area contributed by atoms with Crippen LogP contribution in [0, 0.1) is 6.08 Å². The second-order valence-electron chi connectivity index (χ2n) is 4.18. The fourth-order valence-corrected chi connectivity index (χ4v) is 2.26. The van der Waals surface area contributed by atoms with Crippen molar-refractivity contribution in [2.24, 2.45) is 0 Å². The number of rotatable bonds is 2. The van der Waals surface area contributed by atoms with Crippen molar-refractivity contribution in [1.29, 1.82) is 0 Å². The average molecular weight is 456 g/mol. The zero-order valence-electron chi connectivity index (χ0n) is 10.3. The largest absolute Gasteiger partial charge is 3.00 e. The predicted octanol–water partition coefficient (Wildman–Crippen LogP) is -2.15. The first-order valence-corrected chi connectivity index (χ1v) is 5.65.